The van der Waals surface area contributed by atoms with E-state index in [9.17, 15) is 4.79 Å². The molecule has 19 heavy (non-hydrogen) atoms. The molecule has 1 aromatic rings. The first-order valence-corrected chi connectivity index (χ1v) is 6.82. The fourth-order valence-electron chi connectivity index (χ4n) is 2.17. The van der Waals surface area contributed by atoms with Crippen LogP contribution in [0.5, 0.6) is 0 Å². The number of rotatable bonds is 5. The van der Waals surface area contributed by atoms with Crippen LogP contribution in [0.25, 0.3) is 0 Å². The highest BCUT2D eigenvalue weighted by atomic mass is 16.1. The molecule has 2 rings (SSSR count). The monoisotopic (exact) mass is 261 g/mol. The van der Waals surface area contributed by atoms with E-state index in [0.29, 0.717) is 12.5 Å². The molecule has 0 bridgehead atoms. The van der Waals surface area contributed by atoms with Crippen LogP contribution in [0.1, 0.15) is 12.5 Å². The molecular formula is C15H23N3O. The van der Waals surface area contributed by atoms with Crippen LogP contribution < -0.4 is 15.5 Å². The number of nitrogens with zero attached hydrogens (tertiary/aromatic N) is 1. The van der Waals surface area contributed by atoms with Crippen molar-refractivity contribution in [2.75, 3.05) is 32.1 Å². The van der Waals surface area contributed by atoms with Crippen LogP contribution in [0, 0.1) is 11.8 Å². The van der Waals surface area contributed by atoms with E-state index in [-0.39, 0.29) is 11.8 Å². The smallest absolute Gasteiger partial charge is 0.223 e. The second-order valence-corrected chi connectivity index (χ2v) is 5.49. The minimum Gasteiger partial charge on any atom is -0.378 e. The molecule has 0 radical (unpaired) electrons. The van der Waals surface area contributed by atoms with Gasteiger partial charge in [-0.1, -0.05) is 19.1 Å². The van der Waals surface area contributed by atoms with Crippen molar-refractivity contribution in [3.63, 3.8) is 0 Å². The number of nitrogens with one attached hydrogen (secondary N) is 2. The Morgan fingerprint density at radius 2 is 2.21 bits per heavy atom. The molecule has 1 fully saturated rings. The first-order chi connectivity index (χ1) is 9.08. The molecule has 1 aliphatic rings. The van der Waals surface area contributed by atoms with Gasteiger partial charge in [0.1, 0.15) is 0 Å². The van der Waals surface area contributed by atoms with E-state index in [0.717, 1.165) is 24.3 Å². The molecule has 4 heteroatoms. The third-order valence-corrected chi connectivity index (χ3v) is 3.83. The molecule has 1 aliphatic heterocycles. The van der Waals surface area contributed by atoms with Crippen LogP contribution in [-0.2, 0) is 11.3 Å². The zero-order valence-corrected chi connectivity index (χ0v) is 11.9. The molecule has 1 unspecified atom stereocenters. The van der Waals surface area contributed by atoms with Gasteiger partial charge in [0.2, 0.25) is 5.91 Å². The van der Waals surface area contributed by atoms with Crippen molar-refractivity contribution in [2.24, 2.45) is 11.8 Å². The molecule has 1 atom stereocenters. The van der Waals surface area contributed by atoms with Crippen molar-refractivity contribution < 1.29 is 4.79 Å². The lowest BCUT2D eigenvalue weighted by Crippen LogP contribution is -2.49. The van der Waals surface area contributed by atoms with E-state index in [1.54, 1.807) is 0 Å². The number of benzene rings is 1. The number of carbonyl (C=O) groups excluding carboxylic acids is 1. The maximum atomic E-state index is 12.0. The summed E-state index contributed by atoms with van der Waals surface area (Å²) < 4.78 is 0. The summed E-state index contributed by atoms with van der Waals surface area (Å²) >= 11 is 0. The fourth-order valence-corrected chi connectivity index (χ4v) is 2.17. The maximum absolute atomic E-state index is 12.0. The average molecular weight is 261 g/mol. The molecule has 104 valence electrons. The zero-order valence-electron chi connectivity index (χ0n) is 11.9. The molecule has 1 aromatic carbocycles. The van der Waals surface area contributed by atoms with Crippen molar-refractivity contribution in [3.05, 3.63) is 29.8 Å². The lowest BCUT2D eigenvalue weighted by molar-refractivity contribution is -0.126. The number of carbonyl (C=O) groups is 1. The van der Waals surface area contributed by atoms with Crippen LogP contribution >= 0.6 is 0 Å². The highest BCUT2D eigenvalue weighted by Crippen LogP contribution is 2.17. The Balaban J connectivity index is 1.87. The Hall–Kier alpha value is -1.55. The van der Waals surface area contributed by atoms with Gasteiger partial charge in [0.05, 0.1) is 0 Å². The van der Waals surface area contributed by atoms with Crippen molar-refractivity contribution in [2.45, 2.75) is 13.5 Å². The largest absolute Gasteiger partial charge is 0.378 e. The lowest BCUT2D eigenvalue weighted by Gasteiger charge is -2.31. The molecule has 0 aliphatic carbocycles. The van der Waals surface area contributed by atoms with Gasteiger partial charge in [-0.25, -0.2) is 0 Å². The van der Waals surface area contributed by atoms with E-state index < -0.39 is 0 Å². The molecule has 4 nitrogen and oxygen atoms in total. The lowest BCUT2D eigenvalue weighted by atomic mass is 9.88. The van der Waals surface area contributed by atoms with Gasteiger partial charge < -0.3 is 15.5 Å². The Bertz CT molecular complexity index is 441. The normalized spacial score (nSPS) is 16.6. The van der Waals surface area contributed by atoms with Crippen LogP contribution in [-0.4, -0.2) is 33.1 Å². The van der Waals surface area contributed by atoms with E-state index in [2.05, 4.69) is 27.7 Å². The van der Waals surface area contributed by atoms with E-state index in [1.165, 1.54) is 0 Å². The molecule has 1 heterocycles. The average Bonchev–Trinajstić information content (AvgIpc) is 2.34. The van der Waals surface area contributed by atoms with Gasteiger partial charge in [0, 0.05) is 32.2 Å². The zero-order chi connectivity index (χ0) is 13.8. The highest BCUT2D eigenvalue weighted by Gasteiger charge is 2.28. The number of hydrogen-bond donors (Lipinski definition) is 2. The SMILES string of the molecule is CC(C(=O)NCc1cccc(N(C)C)c1)C1CNC1. The molecule has 1 amide bonds. The number of amides is 1. The Kier molecular flexibility index (Phi) is 4.43. The van der Waals surface area contributed by atoms with E-state index in [1.807, 2.05) is 33.2 Å². The van der Waals surface area contributed by atoms with E-state index in [4.69, 9.17) is 0 Å². The summed E-state index contributed by atoms with van der Waals surface area (Å²) in [4.78, 5) is 14.1. The highest BCUT2D eigenvalue weighted by molar-refractivity contribution is 5.78. The third kappa shape index (κ3) is 3.47. The van der Waals surface area contributed by atoms with Crippen molar-refractivity contribution in [1.29, 1.82) is 0 Å². The predicted molar refractivity (Wildman–Crippen MR) is 78.1 cm³/mol. The molecule has 0 aromatic heterocycles. The Labute approximate surface area is 115 Å². The van der Waals surface area contributed by atoms with Gasteiger partial charge in [0.25, 0.3) is 0 Å². The van der Waals surface area contributed by atoms with Crippen LogP contribution in [0.3, 0.4) is 0 Å². The summed E-state index contributed by atoms with van der Waals surface area (Å²) in [5.74, 6) is 0.744. The summed E-state index contributed by atoms with van der Waals surface area (Å²) in [5.41, 5.74) is 2.29. The molecule has 1 saturated heterocycles. The summed E-state index contributed by atoms with van der Waals surface area (Å²) in [6.45, 7) is 4.54. The van der Waals surface area contributed by atoms with Gasteiger partial charge in [0.15, 0.2) is 0 Å². The topological polar surface area (TPSA) is 44.4 Å². The maximum Gasteiger partial charge on any atom is 0.223 e. The van der Waals surface area contributed by atoms with Gasteiger partial charge in [-0.05, 0) is 36.7 Å². The molecule has 0 saturated carbocycles. The summed E-state index contributed by atoms with van der Waals surface area (Å²) in [7, 11) is 4.03. The fraction of sp³-hybridized carbons (Fsp3) is 0.533. The van der Waals surface area contributed by atoms with Gasteiger partial charge >= 0.3 is 0 Å². The standard InChI is InChI=1S/C15H23N3O/c1-11(13-9-16-10-13)15(19)17-8-12-5-4-6-14(7-12)18(2)3/h4-7,11,13,16H,8-10H2,1-3H3,(H,17,19). The van der Waals surface area contributed by atoms with Crippen molar-refractivity contribution in [3.8, 4) is 0 Å². The minimum atomic E-state index is 0.0956. The van der Waals surface area contributed by atoms with Crippen LogP contribution in [0.2, 0.25) is 0 Å². The second-order valence-electron chi connectivity index (χ2n) is 5.49. The van der Waals surface area contributed by atoms with Gasteiger partial charge in [-0.2, -0.15) is 0 Å². The summed E-state index contributed by atoms with van der Waals surface area (Å²) in [6.07, 6.45) is 0. The quantitative estimate of drug-likeness (QED) is 0.838. The number of hydrogen-bond acceptors (Lipinski definition) is 3. The van der Waals surface area contributed by atoms with Crippen LogP contribution in [0.4, 0.5) is 5.69 Å². The first-order valence-electron chi connectivity index (χ1n) is 6.82. The Morgan fingerprint density at radius 3 is 2.79 bits per heavy atom. The molecular weight excluding hydrogens is 238 g/mol. The minimum absolute atomic E-state index is 0.0956. The van der Waals surface area contributed by atoms with Crippen molar-refractivity contribution >= 4 is 11.6 Å². The Morgan fingerprint density at radius 1 is 1.47 bits per heavy atom. The van der Waals surface area contributed by atoms with Gasteiger partial charge in [-0.15, -0.1) is 0 Å². The second kappa shape index (κ2) is 6.06. The van der Waals surface area contributed by atoms with E-state index >= 15 is 0 Å². The predicted octanol–water partition coefficient (Wildman–Crippen LogP) is 1.22. The third-order valence-electron chi connectivity index (χ3n) is 3.83. The first kappa shape index (κ1) is 13.9. The summed E-state index contributed by atoms with van der Waals surface area (Å²) in [5, 5.41) is 6.23. The van der Waals surface area contributed by atoms with Crippen LogP contribution in [0.15, 0.2) is 24.3 Å². The van der Waals surface area contributed by atoms with Crippen molar-refractivity contribution in [1.82, 2.24) is 10.6 Å². The summed E-state index contributed by atoms with van der Waals surface area (Å²) in [6, 6.07) is 8.24. The van der Waals surface area contributed by atoms with Gasteiger partial charge in [-0.3, -0.25) is 4.79 Å². The molecule has 0 spiro atoms. The molecule has 2 N–H and O–H groups in total. The number of anilines is 1.